The van der Waals surface area contributed by atoms with Crippen molar-refractivity contribution < 1.29 is 13.6 Å². The largest absolute Gasteiger partial charge is 0.366 e. The fourth-order valence-electron chi connectivity index (χ4n) is 4.53. The van der Waals surface area contributed by atoms with E-state index >= 15 is 0 Å². The summed E-state index contributed by atoms with van der Waals surface area (Å²) < 4.78 is 28.9. The number of piperidine rings is 1. The molecule has 8 heteroatoms. The van der Waals surface area contributed by atoms with E-state index in [-0.39, 0.29) is 23.5 Å². The Morgan fingerprint density at radius 3 is 2.48 bits per heavy atom. The molecule has 5 nitrogen and oxygen atoms in total. The normalized spacial score (nSPS) is 19.8. The lowest BCUT2D eigenvalue weighted by Gasteiger charge is -2.39. The Morgan fingerprint density at radius 2 is 1.71 bits per heavy atom. The Kier molecular flexibility index (Phi) is 5.48. The first-order chi connectivity index (χ1) is 15.1. The zero-order valence-electron chi connectivity index (χ0n) is 17.1. The van der Waals surface area contributed by atoms with Gasteiger partial charge in [-0.05, 0) is 37.1 Å². The van der Waals surface area contributed by atoms with Crippen LogP contribution in [0.2, 0.25) is 0 Å². The van der Waals surface area contributed by atoms with Crippen LogP contribution >= 0.6 is 11.3 Å². The smallest absolute Gasteiger partial charge is 0.227 e. The highest BCUT2D eigenvalue weighted by Gasteiger charge is 2.32. The Hall–Kier alpha value is -2.74. The summed E-state index contributed by atoms with van der Waals surface area (Å²) in [6.45, 7) is 3.87. The number of nitrogens with zero attached hydrogens (tertiary/aromatic N) is 4. The maximum atomic E-state index is 14.1. The van der Waals surface area contributed by atoms with Gasteiger partial charge in [0.15, 0.2) is 5.13 Å². The van der Waals surface area contributed by atoms with E-state index in [0.29, 0.717) is 43.9 Å². The van der Waals surface area contributed by atoms with Crippen molar-refractivity contribution in [2.24, 2.45) is 5.92 Å². The summed E-state index contributed by atoms with van der Waals surface area (Å²) in [5, 5.41) is 0.780. The van der Waals surface area contributed by atoms with E-state index < -0.39 is 0 Å². The van der Waals surface area contributed by atoms with Crippen LogP contribution in [0.5, 0.6) is 0 Å². The summed E-state index contributed by atoms with van der Waals surface area (Å²) in [6, 6.07) is 11.8. The topological polar surface area (TPSA) is 39.7 Å². The van der Waals surface area contributed by atoms with Gasteiger partial charge in [-0.2, -0.15) is 0 Å². The highest BCUT2D eigenvalue weighted by atomic mass is 32.1. The van der Waals surface area contributed by atoms with Gasteiger partial charge < -0.3 is 14.7 Å². The van der Waals surface area contributed by atoms with Gasteiger partial charge in [0, 0.05) is 39.3 Å². The van der Waals surface area contributed by atoms with Gasteiger partial charge in [-0.25, -0.2) is 13.8 Å². The van der Waals surface area contributed by atoms with Crippen LogP contribution in [-0.4, -0.2) is 55.1 Å². The van der Waals surface area contributed by atoms with Crippen LogP contribution in [0.25, 0.3) is 10.2 Å². The zero-order valence-corrected chi connectivity index (χ0v) is 18.0. The van der Waals surface area contributed by atoms with Crippen LogP contribution in [0.1, 0.15) is 12.8 Å². The Morgan fingerprint density at radius 1 is 0.935 bits per heavy atom. The fourth-order valence-corrected chi connectivity index (χ4v) is 5.54. The number of halogens is 2. The SMILES string of the molecule is O=C(C1CCCN(c2nc3c(F)cccc3s2)C1)N1CCN(c2ccccc2F)CC1. The minimum Gasteiger partial charge on any atom is -0.366 e. The molecular formula is C23H24F2N4OS. The van der Waals surface area contributed by atoms with Crippen LogP contribution in [0.3, 0.4) is 0 Å². The van der Waals surface area contributed by atoms with Crippen molar-refractivity contribution in [2.75, 3.05) is 49.1 Å². The number of amides is 1. The minimum absolute atomic E-state index is 0.0920. The molecule has 162 valence electrons. The highest BCUT2D eigenvalue weighted by molar-refractivity contribution is 7.22. The molecular weight excluding hydrogens is 418 g/mol. The lowest BCUT2D eigenvalue weighted by Crippen LogP contribution is -2.52. The van der Waals surface area contributed by atoms with Gasteiger partial charge >= 0.3 is 0 Å². The van der Waals surface area contributed by atoms with Crippen molar-refractivity contribution in [3.8, 4) is 0 Å². The summed E-state index contributed by atoms with van der Waals surface area (Å²) in [5.74, 6) is -0.467. The van der Waals surface area contributed by atoms with Gasteiger partial charge in [-0.15, -0.1) is 0 Å². The van der Waals surface area contributed by atoms with Crippen molar-refractivity contribution in [2.45, 2.75) is 12.8 Å². The fraction of sp³-hybridized carbons (Fsp3) is 0.391. The molecule has 2 aliphatic rings. The van der Waals surface area contributed by atoms with Gasteiger partial charge in [0.25, 0.3) is 0 Å². The van der Waals surface area contributed by atoms with Crippen molar-refractivity contribution in [3.05, 3.63) is 54.1 Å². The van der Waals surface area contributed by atoms with Gasteiger partial charge in [0.2, 0.25) is 5.91 Å². The molecule has 3 heterocycles. The molecule has 0 spiro atoms. The average Bonchev–Trinajstić information content (AvgIpc) is 3.25. The first-order valence-corrected chi connectivity index (χ1v) is 11.5. The molecule has 0 bridgehead atoms. The molecule has 1 aromatic heterocycles. The number of fused-ring (bicyclic) bond motifs is 1. The minimum atomic E-state index is -0.308. The molecule has 5 rings (SSSR count). The van der Waals surface area contributed by atoms with Crippen LogP contribution in [-0.2, 0) is 4.79 Å². The summed E-state index contributed by atoms with van der Waals surface area (Å²) in [5.41, 5.74) is 1.00. The quantitative estimate of drug-likeness (QED) is 0.611. The van der Waals surface area contributed by atoms with Gasteiger partial charge in [0.1, 0.15) is 17.2 Å². The third-order valence-corrected chi connectivity index (χ3v) is 7.27. The monoisotopic (exact) mass is 442 g/mol. The number of thiazole rings is 1. The maximum Gasteiger partial charge on any atom is 0.227 e. The number of carbonyl (C=O) groups excluding carboxylic acids is 1. The lowest BCUT2D eigenvalue weighted by atomic mass is 9.96. The van der Waals surface area contributed by atoms with Crippen molar-refractivity contribution in [1.82, 2.24) is 9.88 Å². The molecule has 0 radical (unpaired) electrons. The number of hydrogen-bond acceptors (Lipinski definition) is 5. The van der Waals surface area contributed by atoms with Crippen LogP contribution in [0.4, 0.5) is 19.6 Å². The van der Waals surface area contributed by atoms with E-state index in [1.165, 1.54) is 23.5 Å². The first kappa shape index (κ1) is 20.2. The van der Waals surface area contributed by atoms with Crippen molar-refractivity contribution in [1.29, 1.82) is 0 Å². The molecule has 3 aromatic rings. The van der Waals surface area contributed by atoms with Crippen LogP contribution in [0.15, 0.2) is 42.5 Å². The second-order valence-corrected chi connectivity index (χ2v) is 9.14. The number of benzene rings is 2. The molecule has 0 saturated carbocycles. The summed E-state index contributed by atoms with van der Waals surface area (Å²) in [7, 11) is 0. The molecule has 1 atom stereocenters. The number of anilines is 2. The first-order valence-electron chi connectivity index (χ1n) is 10.7. The predicted molar refractivity (Wildman–Crippen MR) is 120 cm³/mol. The second-order valence-electron chi connectivity index (χ2n) is 8.13. The molecule has 31 heavy (non-hydrogen) atoms. The molecule has 0 aliphatic carbocycles. The Labute approximate surface area is 183 Å². The molecule has 2 saturated heterocycles. The molecule has 2 aromatic carbocycles. The summed E-state index contributed by atoms with van der Waals surface area (Å²) >= 11 is 1.47. The molecule has 1 amide bonds. The maximum absolute atomic E-state index is 14.1. The lowest BCUT2D eigenvalue weighted by molar-refractivity contribution is -0.136. The standard InChI is InChI=1S/C23H24F2N4OS/c24-17-6-1-2-8-19(17)27-11-13-28(14-12-27)22(30)16-5-4-10-29(15-16)23-26-21-18(25)7-3-9-20(21)31-23/h1-3,6-9,16H,4-5,10-15H2. The van der Waals surface area contributed by atoms with Crippen LogP contribution < -0.4 is 9.80 Å². The number of carbonyl (C=O) groups is 1. The van der Waals surface area contributed by atoms with Gasteiger partial charge in [0.05, 0.1) is 16.3 Å². The van der Waals surface area contributed by atoms with E-state index in [0.717, 1.165) is 29.2 Å². The Balaban J connectivity index is 1.24. The number of rotatable bonds is 3. The summed E-state index contributed by atoms with van der Waals surface area (Å²) in [4.78, 5) is 23.7. The highest BCUT2D eigenvalue weighted by Crippen LogP contribution is 2.33. The second kappa shape index (κ2) is 8.42. The predicted octanol–water partition coefficient (Wildman–Crippen LogP) is 4.14. The average molecular weight is 443 g/mol. The third kappa shape index (κ3) is 3.96. The van der Waals surface area contributed by atoms with E-state index in [1.54, 1.807) is 18.2 Å². The van der Waals surface area contributed by atoms with E-state index in [1.807, 2.05) is 21.9 Å². The molecule has 1 unspecified atom stereocenters. The zero-order chi connectivity index (χ0) is 21.4. The third-order valence-electron chi connectivity index (χ3n) is 6.18. The Bertz CT molecular complexity index is 1100. The number of hydrogen-bond donors (Lipinski definition) is 0. The van der Waals surface area contributed by atoms with Crippen LogP contribution in [0, 0.1) is 17.6 Å². The van der Waals surface area contributed by atoms with Gasteiger partial charge in [-0.1, -0.05) is 29.5 Å². The van der Waals surface area contributed by atoms with E-state index in [2.05, 4.69) is 9.88 Å². The molecule has 2 aliphatic heterocycles. The molecule has 2 fully saturated rings. The molecule has 0 N–H and O–H groups in total. The number of aromatic nitrogens is 1. The summed E-state index contributed by atoms with van der Waals surface area (Å²) in [6.07, 6.45) is 1.76. The number of para-hydroxylation sites is 2. The van der Waals surface area contributed by atoms with Crippen molar-refractivity contribution in [3.63, 3.8) is 0 Å². The number of piperazine rings is 1. The van der Waals surface area contributed by atoms with Crippen molar-refractivity contribution >= 4 is 38.3 Å². The van der Waals surface area contributed by atoms with Gasteiger partial charge in [-0.3, -0.25) is 4.79 Å². The van der Waals surface area contributed by atoms with E-state index in [4.69, 9.17) is 0 Å². The van der Waals surface area contributed by atoms with E-state index in [9.17, 15) is 13.6 Å².